The fourth-order valence-electron chi connectivity index (χ4n) is 0.633. The maximum atomic E-state index is 4.04. The van der Waals surface area contributed by atoms with E-state index in [-0.39, 0.29) is 0 Å². The highest BCUT2D eigenvalue weighted by atomic mass is 15.2. The van der Waals surface area contributed by atoms with Crippen LogP contribution in [0.25, 0.3) is 0 Å². The molecule has 0 aromatic rings. The third-order valence-corrected chi connectivity index (χ3v) is 1.20. The molecule has 0 spiro atoms. The van der Waals surface area contributed by atoms with E-state index in [9.17, 15) is 0 Å². The Labute approximate surface area is 43.8 Å². The van der Waals surface area contributed by atoms with Crippen LogP contribution in [0.15, 0.2) is 4.99 Å². The second-order valence-electron chi connectivity index (χ2n) is 1.68. The number of rotatable bonds is 1. The number of hydrogen-bond acceptors (Lipinski definition) is 2. The Morgan fingerprint density at radius 1 is 1.86 bits per heavy atom. The lowest BCUT2D eigenvalue weighted by atomic mass is 10.6. The fraction of sp³-hybridized carbons (Fsp3) is 0.800. The first-order valence-electron chi connectivity index (χ1n) is 2.64. The summed E-state index contributed by atoms with van der Waals surface area (Å²) in [5.41, 5.74) is 0. The molecule has 0 unspecified atom stereocenters. The third-order valence-electron chi connectivity index (χ3n) is 1.20. The normalized spacial score (nSPS) is 21.3. The highest BCUT2D eigenvalue weighted by Crippen LogP contribution is 1.90. The summed E-state index contributed by atoms with van der Waals surface area (Å²) in [6, 6.07) is 0. The van der Waals surface area contributed by atoms with Crippen molar-refractivity contribution in [1.82, 2.24) is 4.90 Å². The van der Waals surface area contributed by atoms with Crippen molar-refractivity contribution in [2.45, 2.75) is 6.92 Å². The van der Waals surface area contributed by atoms with Gasteiger partial charge in [-0.25, -0.2) is 0 Å². The van der Waals surface area contributed by atoms with E-state index in [2.05, 4.69) is 16.8 Å². The van der Waals surface area contributed by atoms with Crippen molar-refractivity contribution in [3.63, 3.8) is 0 Å². The van der Waals surface area contributed by atoms with Crippen molar-refractivity contribution in [3.8, 4) is 0 Å². The van der Waals surface area contributed by atoms with Gasteiger partial charge in [-0.05, 0) is 6.54 Å². The molecule has 0 aromatic heterocycles. The second-order valence-corrected chi connectivity index (χ2v) is 1.68. The van der Waals surface area contributed by atoms with Gasteiger partial charge in [0.25, 0.3) is 0 Å². The Hall–Kier alpha value is -0.370. The van der Waals surface area contributed by atoms with Crippen LogP contribution >= 0.6 is 0 Å². The summed E-state index contributed by atoms with van der Waals surface area (Å²) >= 11 is 0. The van der Waals surface area contributed by atoms with Crippen LogP contribution in [0.3, 0.4) is 0 Å². The number of aliphatic imine (C=N–C) groups is 1. The van der Waals surface area contributed by atoms with Gasteiger partial charge >= 0.3 is 0 Å². The molecule has 2 heteroatoms. The summed E-state index contributed by atoms with van der Waals surface area (Å²) < 4.78 is 0. The van der Waals surface area contributed by atoms with Crippen LogP contribution in [0.1, 0.15) is 6.92 Å². The van der Waals surface area contributed by atoms with E-state index < -0.39 is 0 Å². The maximum absolute atomic E-state index is 4.04. The molecule has 0 saturated carbocycles. The molecule has 0 fully saturated rings. The highest BCUT2D eigenvalue weighted by Gasteiger charge is 2.00. The van der Waals surface area contributed by atoms with E-state index in [1.807, 2.05) is 6.21 Å². The molecular formula is C5H10N2. The number of hydrogen-bond donors (Lipinski definition) is 0. The molecule has 40 valence electrons. The molecule has 0 radical (unpaired) electrons. The van der Waals surface area contributed by atoms with Crippen molar-refractivity contribution < 1.29 is 0 Å². The average molecular weight is 98.1 g/mol. The Balaban J connectivity index is 2.22. The summed E-state index contributed by atoms with van der Waals surface area (Å²) in [6.07, 6.45) is 1.96. The van der Waals surface area contributed by atoms with Gasteiger partial charge < -0.3 is 0 Å². The third kappa shape index (κ3) is 0.996. The second kappa shape index (κ2) is 2.07. The van der Waals surface area contributed by atoms with E-state index in [1.165, 1.54) is 0 Å². The van der Waals surface area contributed by atoms with Crippen LogP contribution in [0.2, 0.25) is 0 Å². The standard InChI is InChI=1S/C5H10N2/c1-2-7-4-3-6-5-7/h3H,2,4-5H2,1H3. The first kappa shape index (κ1) is 4.78. The lowest BCUT2D eigenvalue weighted by Gasteiger charge is -2.06. The van der Waals surface area contributed by atoms with Crippen LogP contribution in [0.5, 0.6) is 0 Å². The zero-order valence-electron chi connectivity index (χ0n) is 4.59. The molecule has 0 aromatic carbocycles. The van der Waals surface area contributed by atoms with Crippen LogP contribution in [0, 0.1) is 0 Å². The minimum Gasteiger partial charge on any atom is -0.281 e. The average Bonchev–Trinajstić information content (AvgIpc) is 2.14. The minimum atomic E-state index is 0.913. The molecule has 1 aliphatic rings. The van der Waals surface area contributed by atoms with Gasteiger partial charge in [-0.15, -0.1) is 0 Å². The molecule has 0 amide bonds. The molecule has 7 heavy (non-hydrogen) atoms. The largest absolute Gasteiger partial charge is 0.281 e. The van der Waals surface area contributed by atoms with Gasteiger partial charge in [-0.2, -0.15) is 0 Å². The summed E-state index contributed by atoms with van der Waals surface area (Å²) in [6.45, 7) is 5.24. The fourth-order valence-corrected chi connectivity index (χ4v) is 0.633. The Morgan fingerprint density at radius 2 is 2.71 bits per heavy atom. The molecule has 1 rings (SSSR count). The van der Waals surface area contributed by atoms with E-state index in [0.717, 1.165) is 19.8 Å². The first-order valence-corrected chi connectivity index (χ1v) is 2.64. The van der Waals surface area contributed by atoms with Gasteiger partial charge in [0.05, 0.1) is 6.67 Å². The zero-order chi connectivity index (χ0) is 5.11. The van der Waals surface area contributed by atoms with Gasteiger partial charge in [0.15, 0.2) is 0 Å². The zero-order valence-corrected chi connectivity index (χ0v) is 4.59. The predicted molar refractivity (Wildman–Crippen MR) is 30.6 cm³/mol. The molecule has 0 bridgehead atoms. The van der Waals surface area contributed by atoms with Crippen molar-refractivity contribution in [1.29, 1.82) is 0 Å². The van der Waals surface area contributed by atoms with Crippen LogP contribution < -0.4 is 0 Å². The molecule has 0 saturated heterocycles. The molecule has 1 aliphatic heterocycles. The predicted octanol–water partition coefficient (Wildman–Crippen LogP) is 0.350. The maximum Gasteiger partial charge on any atom is 0.0909 e. The van der Waals surface area contributed by atoms with Gasteiger partial charge in [0, 0.05) is 12.8 Å². The smallest absolute Gasteiger partial charge is 0.0909 e. The van der Waals surface area contributed by atoms with Gasteiger partial charge in [0.1, 0.15) is 0 Å². The summed E-state index contributed by atoms with van der Waals surface area (Å²) in [5.74, 6) is 0. The molecule has 0 atom stereocenters. The summed E-state index contributed by atoms with van der Waals surface area (Å²) in [7, 11) is 0. The first-order chi connectivity index (χ1) is 3.43. The summed E-state index contributed by atoms with van der Waals surface area (Å²) in [5, 5.41) is 0. The Kier molecular flexibility index (Phi) is 1.42. The minimum absolute atomic E-state index is 0.913. The topological polar surface area (TPSA) is 15.6 Å². The van der Waals surface area contributed by atoms with Gasteiger partial charge in [0.2, 0.25) is 0 Å². The quantitative estimate of drug-likeness (QED) is 0.462. The van der Waals surface area contributed by atoms with Crippen LogP contribution in [-0.2, 0) is 0 Å². The summed E-state index contributed by atoms with van der Waals surface area (Å²) in [4.78, 5) is 6.30. The molecular weight excluding hydrogens is 88.1 g/mol. The van der Waals surface area contributed by atoms with Crippen molar-refractivity contribution in [3.05, 3.63) is 0 Å². The van der Waals surface area contributed by atoms with Gasteiger partial charge in [-0.3, -0.25) is 9.89 Å². The molecule has 0 aliphatic carbocycles. The Morgan fingerprint density at radius 3 is 3.00 bits per heavy atom. The van der Waals surface area contributed by atoms with Crippen molar-refractivity contribution in [2.75, 3.05) is 19.8 Å². The molecule has 1 heterocycles. The molecule has 0 N–H and O–H groups in total. The Bertz CT molecular complexity index is 70.1. The van der Waals surface area contributed by atoms with E-state index in [4.69, 9.17) is 0 Å². The number of nitrogens with zero attached hydrogens (tertiary/aromatic N) is 2. The van der Waals surface area contributed by atoms with E-state index in [0.29, 0.717) is 0 Å². The lowest BCUT2D eigenvalue weighted by molar-refractivity contribution is 0.363. The lowest BCUT2D eigenvalue weighted by Crippen LogP contribution is -2.19. The van der Waals surface area contributed by atoms with Crippen LogP contribution in [0.4, 0.5) is 0 Å². The van der Waals surface area contributed by atoms with E-state index >= 15 is 0 Å². The SMILES string of the molecule is CCN1CC=NC1. The highest BCUT2D eigenvalue weighted by molar-refractivity contribution is 5.61. The van der Waals surface area contributed by atoms with E-state index in [1.54, 1.807) is 0 Å². The molecule has 2 nitrogen and oxygen atoms in total. The monoisotopic (exact) mass is 98.1 g/mol. The van der Waals surface area contributed by atoms with Gasteiger partial charge in [-0.1, -0.05) is 6.92 Å². The van der Waals surface area contributed by atoms with Crippen LogP contribution in [-0.4, -0.2) is 30.9 Å². The van der Waals surface area contributed by atoms with Crippen molar-refractivity contribution in [2.24, 2.45) is 4.99 Å². The van der Waals surface area contributed by atoms with Crippen molar-refractivity contribution >= 4 is 6.21 Å².